The number of nitrogens with one attached hydrogen (secondary N) is 2. The average molecular weight is 736 g/mol. The molecule has 50 heavy (non-hydrogen) atoms. The predicted molar refractivity (Wildman–Crippen MR) is 191 cm³/mol. The number of benzene rings is 2. The van der Waals surface area contributed by atoms with Gasteiger partial charge in [-0.3, -0.25) is 15.4 Å². The molecule has 0 saturated carbocycles. The second-order valence-electron chi connectivity index (χ2n) is 13.0. The van der Waals surface area contributed by atoms with E-state index in [0.29, 0.717) is 23.5 Å². The van der Waals surface area contributed by atoms with Gasteiger partial charge in [-0.15, -0.1) is 0 Å². The summed E-state index contributed by atoms with van der Waals surface area (Å²) >= 11 is 12.7. The van der Waals surface area contributed by atoms with Crippen LogP contribution < -0.4 is 26.0 Å². The zero-order chi connectivity index (χ0) is 37.0. The number of hydrogen-bond acceptors (Lipinski definition) is 10. The summed E-state index contributed by atoms with van der Waals surface area (Å²) in [5, 5.41) is 16.9. The first-order chi connectivity index (χ1) is 23.5. The SMILES string of the molecule is COc1cc(C/C(C)=C/C=C/[C@@H](OC)[C@@]2(O)C[C@@H]([C@@H](C)[C@@H]3OC3(C)C)OC(=O)N2)cc(N(C)C(=O)COC(=O)Nc2ccc(N)cc2Cl)c1Cl. The fourth-order valence-corrected chi connectivity index (χ4v) is 6.41. The highest BCUT2D eigenvalue weighted by Gasteiger charge is 2.56. The molecule has 15 heteroatoms. The Balaban J connectivity index is 1.41. The van der Waals surface area contributed by atoms with E-state index in [2.05, 4.69) is 10.6 Å². The summed E-state index contributed by atoms with van der Waals surface area (Å²) in [6.45, 7) is 7.20. The first-order valence-electron chi connectivity index (χ1n) is 15.9. The van der Waals surface area contributed by atoms with Crippen LogP contribution in [0.2, 0.25) is 10.0 Å². The van der Waals surface area contributed by atoms with Crippen molar-refractivity contribution < 1.29 is 43.2 Å². The van der Waals surface area contributed by atoms with Gasteiger partial charge in [0.2, 0.25) is 0 Å². The largest absolute Gasteiger partial charge is 0.495 e. The lowest BCUT2D eigenvalue weighted by Crippen LogP contribution is -2.63. The monoisotopic (exact) mass is 734 g/mol. The van der Waals surface area contributed by atoms with Crippen molar-refractivity contribution in [2.75, 3.05) is 43.8 Å². The number of carbonyl (C=O) groups excluding carboxylic acids is 3. The van der Waals surface area contributed by atoms with E-state index < -0.39 is 42.6 Å². The van der Waals surface area contributed by atoms with Crippen molar-refractivity contribution >= 4 is 58.4 Å². The van der Waals surface area contributed by atoms with Crippen molar-refractivity contribution in [3.63, 3.8) is 0 Å². The van der Waals surface area contributed by atoms with Crippen LogP contribution in [-0.4, -0.2) is 80.7 Å². The number of amides is 3. The average Bonchev–Trinajstić information content (AvgIpc) is 3.70. The summed E-state index contributed by atoms with van der Waals surface area (Å²) < 4.78 is 27.4. The number of alkyl carbamates (subject to hydrolysis) is 1. The number of anilines is 3. The maximum Gasteiger partial charge on any atom is 0.412 e. The number of cyclic esters (lactones) is 1. The number of nitrogens with zero attached hydrogens (tertiary/aromatic N) is 1. The summed E-state index contributed by atoms with van der Waals surface area (Å²) in [7, 11) is 4.42. The van der Waals surface area contributed by atoms with E-state index in [1.807, 2.05) is 33.8 Å². The second-order valence-corrected chi connectivity index (χ2v) is 13.7. The molecule has 2 aromatic carbocycles. The molecule has 2 saturated heterocycles. The van der Waals surface area contributed by atoms with Crippen LogP contribution in [0, 0.1) is 5.92 Å². The quantitative estimate of drug-likeness (QED) is 0.111. The van der Waals surface area contributed by atoms with Gasteiger partial charge in [-0.05, 0) is 63.1 Å². The molecule has 0 bridgehead atoms. The fraction of sp³-hybridized carbons (Fsp3) is 0.457. The lowest BCUT2D eigenvalue weighted by molar-refractivity contribution is -0.142. The maximum absolute atomic E-state index is 13.0. The minimum atomic E-state index is -1.70. The third-order valence-electron chi connectivity index (χ3n) is 8.68. The molecule has 2 aliphatic heterocycles. The van der Waals surface area contributed by atoms with Gasteiger partial charge in [0.25, 0.3) is 5.91 Å². The molecule has 5 N–H and O–H groups in total. The first-order valence-corrected chi connectivity index (χ1v) is 16.6. The van der Waals surface area contributed by atoms with Crippen molar-refractivity contribution in [2.24, 2.45) is 5.92 Å². The molecule has 272 valence electrons. The maximum atomic E-state index is 13.0. The third kappa shape index (κ3) is 9.40. The minimum Gasteiger partial charge on any atom is -0.495 e. The van der Waals surface area contributed by atoms with E-state index >= 15 is 0 Å². The zero-order valence-corrected chi connectivity index (χ0v) is 30.6. The number of nitrogens with two attached hydrogens (primary N) is 1. The number of allylic oxidation sites excluding steroid dienone is 3. The normalized spacial score (nSPS) is 22.6. The van der Waals surface area contributed by atoms with Crippen molar-refractivity contribution in [3.8, 4) is 5.75 Å². The number of carbonyl (C=O) groups is 3. The van der Waals surface area contributed by atoms with E-state index in [0.717, 1.165) is 11.1 Å². The lowest BCUT2D eigenvalue weighted by Gasteiger charge is -2.42. The molecular formula is C35H44Cl2N4O9. The minimum absolute atomic E-state index is 0.0875. The second kappa shape index (κ2) is 15.9. The molecule has 2 aliphatic rings. The van der Waals surface area contributed by atoms with Gasteiger partial charge in [0.1, 0.15) is 23.0 Å². The van der Waals surface area contributed by atoms with Crippen molar-refractivity contribution in [2.45, 2.75) is 70.2 Å². The van der Waals surface area contributed by atoms with Gasteiger partial charge in [0.15, 0.2) is 12.3 Å². The summed E-state index contributed by atoms with van der Waals surface area (Å²) in [5.74, 6) is -0.332. The molecule has 13 nitrogen and oxygen atoms in total. The zero-order valence-electron chi connectivity index (χ0n) is 29.0. The highest BCUT2D eigenvalue weighted by molar-refractivity contribution is 6.35. The summed E-state index contributed by atoms with van der Waals surface area (Å²) in [5.41, 5.74) is 6.40. The Labute approximate surface area is 301 Å². The third-order valence-corrected chi connectivity index (χ3v) is 9.37. The molecule has 0 aliphatic carbocycles. The van der Waals surface area contributed by atoms with Gasteiger partial charge in [0, 0.05) is 32.2 Å². The van der Waals surface area contributed by atoms with Crippen LogP contribution in [0.5, 0.6) is 5.75 Å². The van der Waals surface area contributed by atoms with Crippen LogP contribution in [0.3, 0.4) is 0 Å². The number of hydrogen-bond donors (Lipinski definition) is 4. The number of halogens is 2. The molecule has 0 unspecified atom stereocenters. The van der Waals surface area contributed by atoms with E-state index in [-0.39, 0.29) is 39.8 Å². The molecule has 3 amide bonds. The van der Waals surface area contributed by atoms with E-state index in [1.165, 1.54) is 38.3 Å². The predicted octanol–water partition coefficient (Wildman–Crippen LogP) is 5.86. The smallest absolute Gasteiger partial charge is 0.412 e. The van der Waals surface area contributed by atoms with Gasteiger partial charge >= 0.3 is 12.2 Å². The van der Waals surface area contributed by atoms with Crippen LogP contribution in [-0.2, 0) is 30.2 Å². The molecule has 4 rings (SSSR count). The van der Waals surface area contributed by atoms with Crippen molar-refractivity contribution in [3.05, 3.63) is 69.7 Å². The van der Waals surface area contributed by atoms with Gasteiger partial charge in [-0.1, -0.05) is 53.9 Å². The standard InChI is InChI=1S/C35H44Cl2N4O9/c1-19(9-8-10-28(47-7)35(45)17-27(49-33(44)40-35)20(2)31-34(3,4)50-31)13-21-14-25(30(37)26(15-21)46-6)41(5)29(42)18-48-32(43)39-24-12-11-22(38)16-23(24)36/h8-12,14-16,20,27-28,31,45H,13,17-18,38H2,1-7H3,(H,39,43)(H,40,44)/b10-8+,19-9+/t20-,27+,28-,31+,35+/m1/s1. The highest BCUT2D eigenvalue weighted by Crippen LogP contribution is 2.44. The number of rotatable bonds is 13. The van der Waals surface area contributed by atoms with Crippen molar-refractivity contribution in [1.82, 2.24) is 5.32 Å². The van der Waals surface area contributed by atoms with Gasteiger partial charge in [-0.25, -0.2) is 9.59 Å². The van der Waals surface area contributed by atoms with Crippen LogP contribution in [0.15, 0.2) is 54.1 Å². The van der Waals surface area contributed by atoms with Gasteiger partial charge < -0.3 is 39.4 Å². The molecule has 0 spiro atoms. The highest BCUT2D eigenvalue weighted by atomic mass is 35.5. The molecule has 2 heterocycles. The first kappa shape index (κ1) is 38.8. The number of methoxy groups -OCH3 is 2. The number of aliphatic hydroxyl groups is 1. The van der Waals surface area contributed by atoms with E-state index in [9.17, 15) is 19.5 Å². The summed E-state index contributed by atoms with van der Waals surface area (Å²) in [6.07, 6.45) is 2.64. The molecule has 0 radical (unpaired) electrons. The van der Waals surface area contributed by atoms with Crippen LogP contribution in [0.25, 0.3) is 0 Å². The fourth-order valence-electron chi connectivity index (χ4n) is 5.86. The van der Waals surface area contributed by atoms with Crippen LogP contribution >= 0.6 is 23.2 Å². The Bertz CT molecular complexity index is 1670. The summed E-state index contributed by atoms with van der Waals surface area (Å²) in [6, 6.07) is 8.05. The Kier molecular flexibility index (Phi) is 12.3. The van der Waals surface area contributed by atoms with E-state index in [1.54, 1.807) is 30.4 Å². The van der Waals surface area contributed by atoms with E-state index in [4.69, 9.17) is 52.6 Å². The number of ether oxygens (including phenoxy) is 5. The Morgan fingerprint density at radius 2 is 1.94 bits per heavy atom. The Hall–Kier alpha value is -4.01. The molecule has 2 fully saturated rings. The Morgan fingerprint density at radius 1 is 1.24 bits per heavy atom. The molecule has 0 aromatic heterocycles. The Morgan fingerprint density at radius 3 is 2.56 bits per heavy atom. The summed E-state index contributed by atoms with van der Waals surface area (Å²) in [4.78, 5) is 39.0. The number of likely N-dealkylation sites (N-methyl/N-ethyl adjacent to an activating group) is 1. The molecule has 5 atom stereocenters. The topological polar surface area (TPSA) is 174 Å². The number of epoxide rings is 1. The van der Waals surface area contributed by atoms with Crippen LogP contribution in [0.4, 0.5) is 26.7 Å². The van der Waals surface area contributed by atoms with Gasteiger partial charge in [-0.2, -0.15) is 0 Å². The molecular weight excluding hydrogens is 691 g/mol. The van der Waals surface area contributed by atoms with Crippen LogP contribution in [0.1, 0.15) is 39.7 Å². The van der Waals surface area contributed by atoms with Gasteiger partial charge in [0.05, 0.1) is 35.2 Å². The molecule has 2 aromatic rings. The lowest BCUT2D eigenvalue weighted by atomic mass is 9.86. The van der Waals surface area contributed by atoms with Crippen molar-refractivity contribution in [1.29, 1.82) is 0 Å². The number of nitrogen functional groups attached to an aromatic ring is 1.